The van der Waals surface area contributed by atoms with Crippen LogP contribution < -0.4 is 4.74 Å². The normalized spacial score (nSPS) is 13.6. The Labute approximate surface area is 246 Å². The van der Waals surface area contributed by atoms with Gasteiger partial charge in [-0.15, -0.1) is 0 Å². The molecule has 0 radical (unpaired) electrons. The number of pyridine rings is 1. The molecular weight excluding hydrogens is 498 g/mol. The molecule has 2 heterocycles. The summed E-state index contributed by atoms with van der Waals surface area (Å²) in [5, 5.41) is 7.48. The molecule has 0 spiro atoms. The second kappa shape index (κ2) is 9.31. The molecule has 1 aromatic heterocycles. The number of hydrogen-bond donors (Lipinski definition) is 0. The van der Waals surface area contributed by atoms with Gasteiger partial charge in [0.15, 0.2) is 0 Å². The van der Waals surface area contributed by atoms with Crippen LogP contribution in [0, 0.1) is 23.2 Å². The van der Waals surface area contributed by atoms with Gasteiger partial charge < -0.3 is 4.74 Å². The minimum Gasteiger partial charge on any atom is -0.456 e. The molecule has 0 saturated carbocycles. The molecular formula is C39H45NO. The number of benzene rings is 4. The van der Waals surface area contributed by atoms with Gasteiger partial charge in [-0.05, 0) is 104 Å². The molecule has 4 aromatic carbocycles. The molecule has 0 atom stereocenters. The number of ether oxygens (including phenoxy) is 1. The SMILES string of the molecule is Cc1cc(CC(C)(C)C)cc2cc3c4c(nccc4c12)-c1cc2cc(CC(C)(C)C)ccc2c(CC(C)(C)C)c1O3. The van der Waals surface area contributed by atoms with Gasteiger partial charge in [0.2, 0.25) is 0 Å². The predicted molar refractivity (Wildman–Crippen MR) is 176 cm³/mol. The highest BCUT2D eigenvalue weighted by atomic mass is 16.5. The summed E-state index contributed by atoms with van der Waals surface area (Å²) < 4.78 is 6.99. The summed E-state index contributed by atoms with van der Waals surface area (Å²) in [4.78, 5) is 5.03. The van der Waals surface area contributed by atoms with Crippen LogP contribution in [0.3, 0.4) is 0 Å². The predicted octanol–water partition coefficient (Wildman–Crippen LogP) is 11.4. The number of rotatable bonds is 3. The first-order chi connectivity index (χ1) is 19.1. The molecule has 0 unspecified atom stereocenters. The summed E-state index contributed by atoms with van der Waals surface area (Å²) in [5.74, 6) is 1.90. The van der Waals surface area contributed by atoms with E-state index in [1.807, 2.05) is 6.20 Å². The Morgan fingerprint density at radius 3 is 1.98 bits per heavy atom. The van der Waals surface area contributed by atoms with E-state index in [1.54, 1.807) is 0 Å². The Bertz CT molecular complexity index is 1840. The van der Waals surface area contributed by atoms with E-state index in [2.05, 4.69) is 118 Å². The van der Waals surface area contributed by atoms with Crippen molar-refractivity contribution in [2.45, 2.75) is 88.5 Å². The van der Waals surface area contributed by atoms with Gasteiger partial charge in [0.25, 0.3) is 0 Å². The molecule has 0 bridgehead atoms. The number of hydrogen-bond acceptors (Lipinski definition) is 2. The molecule has 212 valence electrons. The van der Waals surface area contributed by atoms with Crippen molar-refractivity contribution in [2.24, 2.45) is 16.2 Å². The summed E-state index contributed by atoms with van der Waals surface area (Å²) in [7, 11) is 0. The average Bonchev–Trinajstić information content (AvgIpc) is 2.81. The van der Waals surface area contributed by atoms with E-state index < -0.39 is 0 Å². The van der Waals surface area contributed by atoms with Crippen LogP contribution in [0.25, 0.3) is 43.6 Å². The lowest BCUT2D eigenvalue weighted by Gasteiger charge is -2.28. The Hall–Kier alpha value is -3.39. The third-order valence-electron chi connectivity index (χ3n) is 8.08. The van der Waals surface area contributed by atoms with Crippen molar-refractivity contribution in [3.05, 3.63) is 77.0 Å². The molecule has 2 heteroatoms. The maximum Gasteiger partial charge on any atom is 0.140 e. The van der Waals surface area contributed by atoms with Crippen LogP contribution in [0.15, 0.2) is 54.7 Å². The van der Waals surface area contributed by atoms with Gasteiger partial charge in [0, 0.05) is 17.3 Å². The quantitative estimate of drug-likeness (QED) is 0.207. The average molecular weight is 544 g/mol. The van der Waals surface area contributed by atoms with Crippen LogP contribution in [-0.4, -0.2) is 4.98 Å². The van der Waals surface area contributed by atoms with Crippen molar-refractivity contribution in [1.82, 2.24) is 4.98 Å². The van der Waals surface area contributed by atoms with Crippen LogP contribution in [0.5, 0.6) is 11.5 Å². The summed E-state index contributed by atoms with van der Waals surface area (Å²) >= 11 is 0. The van der Waals surface area contributed by atoms with Gasteiger partial charge in [-0.2, -0.15) is 0 Å². The smallest absolute Gasteiger partial charge is 0.140 e. The molecule has 0 fully saturated rings. The van der Waals surface area contributed by atoms with Crippen molar-refractivity contribution in [1.29, 1.82) is 0 Å². The molecule has 0 saturated heterocycles. The van der Waals surface area contributed by atoms with E-state index >= 15 is 0 Å². The molecule has 0 amide bonds. The zero-order valence-corrected chi connectivity index (χ0v) is 26.7. The zero-order valence-electron chi connectivity index (χ0n) is 26.7. The van der Waals surface area contributed by atoms with Crippen LogP contribution in [0.4, 0.5) is 0 Å². The van der Waals surface area contributed by atoms with E-state index in [0.717, 1.165) is 47.4 Å². The molecule has 0 aliphatic carbocycles. The fourth-order valence-electron chi connectivity index (χ4n) is 6.85. The highest BCUT2D eigenvalue weighted by Crippen LogP contribution is 2.52. The summed E-state index contributed by atoms with van der Waals surface area (Å²) in [6.07, 6.45) is 5.01. The molecule has 1 aliphatic heterocycles. The Balaban J connectivity index is 1.64. The third-order valence-corrected chi connectivity index (χ3v) is 8.08. The Morgan fingerprint density at radius 1 is 0.634 bits per heavy atom. The molecule has 0 N–H and O–H groups in total. The van der Waals surface area contributed by atoms with E-state index in [9.17, 15) is 0 Å². The van der Waals surface area contributed by atoms with Crippen molar-refractivity contribution >= 4 is 32.3 Å². The standard InChI is InChI=1S/C39H45NO/c1-23-15-25(21-38(5,6)7)17-27-19-32-34-29(33(23)27)13-14-40-35(34)30-18-26-16-24(20-37(2,3)4)11-12-28(26)31(36(30)41-32)22-39(8,9)10/h11-19H,20-22H2,1-10H3. The van der Waals surface area contributed by atoms with Crippen LogP contribution in [0.2, 0.25) is 0 Å². The van der Waals surface area contributed by atoms with Crippen molar-refractivity contribution in [2.75, 3.05) is 0 Å². The second-order valence-electron chi connectivity index (χ2n) is 16.1. The first kappa shape index (κ1) is 27.8. The van der Waals surface area contributed by atoms with Gasteiger partial charge in [-0.3, -0.25) is 4.98 Å². The van der Waals surface area contributed by atoms with Gasteiger partial charge in [0.1, 0.15) is 11.5 Å². The Kier molecular flexibility index (Phi) is 6.31. The van der Waals surface area contributed by atoms with Crippen molar-refractivity contribution in [3.63, 3.8) is 0 Å². The molecule has 2 nitrogen and oxygen atoms in total. The molecule has 5 aromatic rings. The lowest BCUT2D eigenvalue weighted by molar-refractivity contribution is 0.400. The van der Waals surface area contributed by atoms with Gasteiger partial charge in [-0.1, -0.05) is 92.6 Å². The van der Waals surface area contributed by atoms with Gasteiger partial charge in [-0.25, -0.2) is 0 Å². The van der Waals surface area contributed by atoms with Gasteiger partial charge in [0.05, 0.1) is 11.1 Å². The summed E-state index contributed by atoms with van der Waals surface area (Å²) in [6.45, 7) is 23.0. The second-order valence-corrected chi connectivity index (χ2v) is 16.1. The fourth-order valence-corrected chi connectivity index (χ4v) is 6.85. The summed E-state index contributed by atoms with van der Waals surface area (Å²) in [5.41, 5.74) is 8.08. The lowest BCUT2D eigenvalue weighted by atomic mass is 9.82. The van der Waals surface area contributed by atoms with E-state index in [0.29, 0.717) is 0 Å². The van der Waals surface area contributed by atoms with E-state index in [-0.39, 0.29) is 16.2 Å². The molecule has 6 rings (SSSR count). The maximum atomic E-state index is 6.99. The molecule has 1 aliphatic rings. The number of fused-ring (bicyclic) bond motifs is 5. The van der Waals surface area contributed by atoms with E-state index in [1.165, 1.54) is 49.2 Å². The Morgan fingerprint density at radius 2 is 1.29 bits per heavy atom. The highest BCUT2D eigenvalue weighted by molar-refractivity contribution is 6.17. The fraction of sp³-hybridized carbons (Fsp3) is 0.410. The molecule has 41 heavy (non-hydrogen) atoms. The third kappa shape index (κ3) is 5.34. The minimum absolute atomic E-state index is 0.109. The first-order valence-corrected chi connectivity index (χ1v) is 15.2. The monoisotopic (exact) mass is 543 g/mol. The lowest BCUT2D eigenvalue weighted by Crippen LogP contribution is -2.13. The van der Waals surface area contributed by atoms with Crippen molar-refractivity contribution < 1.29 is 4.74 Å². The largest absolute Gasteiger partial charge is 0.456 e. The van der Waals surface area contributed by atoms with Crippen LogP contribution >= 0.6 is 0 Å². The first-order valence-electron chi connectivity index (χ1n) is 15.2. The highest BCUT2D eigenvalue weighted by Gasteiger charge is 2.29. The topological polar surface area (TPSA) is 22.1 Å². The van der Waals surface area contributed by atoms with Crippen molar-refractivity contribution in [3.8, 4) is 22.8 Å². The zero-order chi connectivity index (χ0) is 29.5. The van der Waals surface area contributed by atoms with Gasteiger partial charge >= 0.3 is 0 Å². The van der Waals surface area contributed by atoms with E-state index in [4.69, 9.17) is 9.72 Å². The summed E-state index contributed by atoms with van der Waals surface area (Å²) in [6, 6.07) is 18.6. The number of aromatic nitrogens is 1. The maximum absolute atomic E-state index is 6.99. The number of aryl methyl sites for hydroxylation is 1. The number of nitrogens with zero attached hydrogens (tertiary/aromatic N) is 1. The van der Waals surface area contributed by atoms with Crippen LogP contribution in [0.1, 0.15) is 84.6 Å². The minimum atomic E-state index is 0.109. The van der Waals surface area contributed by atoms with Crippen LogP contribution in [-0.2, 0) is 19.3 Å².